The summed E-state index contributed by atoms with van der Waals surface area (Å²) in [7, 11) is 1.60. The number of carbonyl (C=O) groups excluding carboxylic acids is 2. The van der Waals surface area contributed by atoms with Crippen molar-refractivity contribution in [2.75, 3.05) is 25.5 Å². The van der Waals surface area contributed by atoms with Crippen molar-refractivity contribution in [3.8, 4) is 5.75 Å². The summed E-state index contributed by atoms with van der Waals surface area (Å²) < 4.78 is 5.19. The third kappa shape index (κ3) is 2.99. The van der Waals surface area contributed by atoms with Crippen LogP contribution in [0.25, 0.3) is 5.70 Å². The summed E-state index contributed by atoms with van der Waals surface area (Å²) in [6.45, 7) is 2.81. The summed E-state index contributed by atoms with van der Waals surface area (Å²) in [5.74, 6) is 0.397. The number of nitrogens with zero attached hydrogens (tertiary/aromatic N) is 2. The first-order valence-electron chi connectivity index (χ1n) is 9.11. The summed E-state index contributed by atoms with van der Waals surface area (Å²) in [4.78, 5) is 25.4. The van der Waals surface area contributed by atoms with E-state index >= 15 is 0 Å². The number of likely N-dealkylation sites (N-methyl/N-ethyl adjacent to an activating group) is 1. The molecular weight excluding hydrogens is 356 g/mol. The van der Waals surface area contributed by atoms with Crippen molar-refractivity contribution in [1.82, 2.24) is 5.32 Å². The molecular formula is C21H20N4O3. The van der Waals surface area contributed by atoms with Crippen LogP contribution < -0.4 is 15.4 Å². The lowest BCUT2D eigenvalue weighted by atomic mass is 10.0. The number of fused-ring (bicyclic) bond motifs is 3. The average Bonchev–Trinajstić information content (AvgIpc) is 3.27. The normalized spacial score (nSPS) is 16.9. The molecule has 0 radical (unpaired) electrons. The van der Waals surface area contributed by atoms with E-state index in [9.17, 15) is 9.59 Å². The maximum atomic E-state index is 13.2. The zero-order valence-electron chi connectivity index (χ0n) is 15.7. The van der Waals surface area contributed by atoms with Gasteiger partial charge in [0.15, 0.2) is 5.78 Å². The first-order valence-corrected chi connectivity index (χ1v) is 9.11. The van der Waals surface area contributed by atoms with Crippen LogP contribution in [-0.4, -0.2) is 31.9 Å². The van der Waals surface area contributed by atoms with E-state index in [1.54, 1.807) is 13.2 Å². The molecule has 1 amide bonds. The van der Waals surface area contributed by atoms with E-state index in [2.05, 4.69) is 20.9 Å². The standard InChI is InChI=1S/C21H20N4O3/c1-3-22-11-16(26)23-15-6-4-5-14-17(15)21(27)18-19(24-25-20(14)18)12-7-9-13(28-2)10-8-12/h4-10,20,22H,3,11H2,1-2H3,(H,23,26). The topological polar surface area (TPSA) is 92.2 Å². The Morgan fingerprint density at radius 1 is 1.18 bits per heavy atom. The summed E-state index contributed by atoms with van der Waals surface area (Å²) in [5.41, 5.74) is 3.70. The van der Waals surface area contributed by atoms with Crippen LogP contribution in [0, 0.1) is 0 Å². The molecule has 0 bridgehead atoms. The number of hydrogen-bond acceptors (Lipinski definition) is 6. The van der Waals surface area contributed by atoms with Gasteiger partial charge in [-0.3, -0.25) is 9.59 Å². The third-order valence-corrected chi connectivity index (χ3v) is 4.84. The highest BCUT2D eigenvalue weighted by molar-refractivity contribution is 6.22. The van der Waals surface area contributed by atoms with Crippen molar-refractivity contribution in [3.63, 3.8) is 0 Å². The van der Waals surface area contributed by atoms with E-state index in [-0.39, 0.29) is 18.2 Å². The number of amides is 1. The molecule has 4 rings (SSSR count). The van der Waals surface area contributed by atoms with Crippen LogP contribution in [-0.2, 0) is 4.79 Å². The van der Waals surface area contributed by atoms with Gasteiger partial charge in [0, 0.05) is 5.56 Å². The van der Waals surface area contributed by atoms with Gasteiger partial charge in [0.25, 0.3) is 0 Å². The number of azo groups is 1. The van der Waals surface area contributed by atoms with Gasteiger partial charge in [-0.05, 0) is 42.4 Å². The van der Waals surface area contributed by atoms with Crippen LogP contribution in [0.5, 0.6) is 5.75 Å². The quantitative estimate of drug-likeness (QED) is 0.809. The van der Waals surface area contributed by atoms with E-state index in [1.807, 2.05) is 43.3 Å². The summed E-state index contributed by atoms with van der Waals surface area (Å²) in [5, 5.41) is 14.4. The predicted molar refractivity (Wildman–Crippen MR) is 105 cm³/mol. The van der Waals surface area contributed by atoms with E-state index in [0.717, 1.165) is 16.9 Å². The Balaban J connectivity index is 1.70. The number of ether oxygens (including phenoxy) is 1. The molecule has 1 heterocycles. The smallest absolute Gasteiger partial charge is 0.238 e. The average molecular weight is 376 g/mol. The number of benzene rings is 2. The number of ketones is 1. The minimum Gasteiger partial charge on any atom is -0.497 e. The highest BCUT2D eigenvalue weighted by atomic mass is 16.5. The molecule has 142 valence electrons. The van der Waals surface area contributed by atoms with Crippen molar-refractivity contribution in [1.29, 1.82) is 0 Å². The van der Waals surface area contributed by atoms with Gasteiger partial charge < -0.3 is 15.4 Å². The van der Waals surface area contributed by atoms with Crippen molar-refractivity contribution in [3.05, 3.63) is 64.7 Å². The SMILES string of the molecule is CCNCC(=O)Nc1cccc2c1C(=O)C1=C(c3ccc(OC)cc3)N=NC12. The van der Waals surface area contributed by atoms with Crippen molar-refractivity contribution >= 4 is 23.1 Å². The van der Waals surface area contributed by atoms with Gasteiger partial charge in [0.2, 0.25) is 5.91 Å². The Morgan fingerprint density at radius 3 is 2.68 bits per heavy atom. The highest BCUT2D eigenvalue weighted by Gasteiger charge is 2.42. The summed E-state index contributed by atoms with van der Waals surface area (Å²) >= 11 is 0. The third-order valence-electron chi connectivity index (χ3n) is 4.84. The minimum atomic E-state index is -0.426. The van der Waals surface area contributed by atoms with E-state index in [1.165, 1.54) is 0 Å². The monoisotopic (exact) mass is 376 g/mol. The maximum Gasteiger partial charge on any atom is 0.238 e. The second kappa shape index (κ2) is 7.36. The van der Waals surface area contributed by atoms with Crippen LogP contribution in [0.2, 0.25) is 0 Å². The van der Waals surface area contributed by atoms with Crippen LogP contribution in [0.15, 0.2) is 58.3 Å². The zero-order valence-corrected chi connectivity index (χ0v) is 15.7. The van der Waals surface area contributed by atoms with Crippen LogP contribution >= 0.6 is 0 Å². The van der Waals surface area contributed by atoms with Gasteiger partial charge in [-0.15, -0.1) is 0 Å². The molecule has 1 atom stereocenters. The molecule has 0 saturated heterocycles. The molecule has 1 unspecified atom stereocenters. The lowest BCUT2D eigenvalue weighted by Crippen LogP contribution is -2.28. The molecule has 1 aliphatic carbocycles. The van der Waals surface area contributed by atoms with E-state index in [4.69, 9.17) is 4.74 Å². The second-order valence-electron chi connectivity index (χ2n) is 6.54. The van der Waals surface area contributed by atoms with Gasteiger partial charge >= 0.3 is 0 Å². The van der Waals surface area contributed by atoms with Crippen molar-refractivity contribution < 1.29 is 14.3 Å². The number of nitrogens with one attached hydrogen (secondary N) is 2. The number of anilines is 1. The maximum absolute atomic E-state index is 13.2. The zero-order chi connectivity index (χ0) is 19.7. The molecule has 0 aromatic heterocycles. The second-order valence-corrected chi connectivity index (χ2v) is 6.54. The fourth-order valence-electron chi connectivity index (χ4n) is 3.49. The van der Waals surface area contributed by atoms with Crippen molar-refractivity contribution in [2.45, 2.75) is 13.0 Å². The fraction of sp³-hybridized carbons (Fsp3) is 0.238. The molecule has 7 nitrogen and oxygen atoms in total. The first kappa shape index (κ1) is 18.1. The molecule has 0 spiro atoms. The molecule has 2 N–H and O–H groups in total. The molecule has 0 saturated carbocycles. The van der Waals surface area contributed by atoms with Gasteiger partial charge in [-0.25, -0.2) is 0 Å². The Kier molecular flexibility index (Phi) is 4.75. The Hall–Kier alpha value is -3.32. The van der Waals surface area contributed by atoms with Crippen LogP contribution in [0.4, 0.5) is 5.69 Å². The molecule has 7 heteroatoms. The number of hydrogen-bond donors (Lipinski definition) is 2. The molecule has 0 fully saturated rings. The number of carbonyl (C=O) groups is 2. The Labute approximate surface area is 162 Å². The Morgan fingerprint density at radius 2 is 1.96 bits per heavy atom. The largest absolute Gasteiger partial charge is 0.497 e. The van der Waals surface area contributed by atoms with Crippen molar-refractivity contribution in [2.24, 2.45) is 10.2 Å². The lowest BCUT2D eigenvalue weighted by molar-refractivity contribution is -0.115. The predicted octanol–water partition coefficient (Wildman–Crippen LogP) is 3.36. The first-order chi connectivity index (χ1) is 13.6. The highest BCUT2D eigenvalue weighted by Crippen LogP contribution is 2.48. The van der Waals surface area contributed by atoms with E-state index in [0.29, 0.717) is 29.1 Å². The molecule has 2 aromatic rings. The summed E-state index contributed by atoms with van der Waals surface area (Å²) in [6, 6.07) is 12.4. The molecule has 1 aliphatic heterocycles. The Bertz CT molecular complexity index is 1010. The van der Waals surface area contributed by atoms with Crippen LogP contribution in [0.1, 0.15) is 34.5 Å². The van der Waals surface area contributed by atoms with Gasteiger partial charge in [-0.2, -0.15) is 10.2 Å². The van der Waals surface area contributed by atoms with E-state index < -0.39 is 6.04 Å². The summed E-state index contributed by atoms with van der Waals surface area (Å²) in [6.07, 6.45) is 0. The van der Waals surface area contributed by atoms with Gasteiger partial charge in [0.05, 0.1) is 30.5 Å². The number of rotatable bonds is 6. The van der Waals surface area contributed by atoms with Gasteiger partial charge in [0.1, 0.15) is 17.5 Å². The van der Waals surface area contributed by atoms with Crippen LogP contribution in [0.3, 0.4) is 0 Å². The van der Waals surface area contributed by atoms with Gasteiger partial charge in [-0.1, -0.05) is 19.1 Å². The molecule has 2 aliphatic rings. The fourth-order valence-corrected chi connectivity index (χ4v) is 3.49. The number of Topliss-reactive ketones (excluding diaryl/α,β-unsaturated/α-hetero) is 1. The molecule has 2 aromatic carbocycles. The molecule has 28 heavy (non-hydrogen) atoms. The minimum absolute atomic E-state index is 0.143. The lowest BCUT2D eigenvalue weighted by Gasteiger charge is -2.10. The number of methoxy groups -OCH3 is 1.